The molecule has 1 aliphatic rings. The van der Waals surface area contributed by atoms with Gasteiger partial charge in [0.15, 0.2) is 0 Å². The third-order valence-corrected chi connectivity index (χ3v) is 7.50. The van der Waals surface area contributed by atoms with Crippen LogP contribution in [-0.2, 0) is 4.79 Å². The number of aliphatic imine (C=N–C) groups is 1. The molecule has 0 fully saturated rings. The molecule has 0 aromatic carbocycles. The molecule has 0 saturated heterocycles. The SMILES string of the molecule is O=C=NC1=C(Br)C(Br)C(Cl)(SC(F)(F)C(F)F)C(C(F)F)=C1. The van der Waals surface area contributed by atoms with Crippen LogP contribution in [0.5, 0.6) is 0 Å². The highest BCUT2D eigenvalue weighted by Gasteiger charge is 2.56. The van der Waals surface area contributed by atoms with Crippen molar-refractivity contribution in [2.45, 2.75) is 27.1 Å². The molecule has 124 valence electrons. The van der Waals surface area contributed by atoms with E-state index in [4.69, 9.17) is 11.6 Å². The van der Waals surface area contributed by atoms with E-state index in [1.54, 1.807) is 0 Å². The Morgan fingerprint density at radius 3 is 2.36 bits per heavy atom. The van der Waals surface area contributed by atoms with E-state index in [0.29, 0.717) is 6.08 Å². The normalized spacial score (nSPS) is 26.3. The van der Waals surface area contributed by atoms with Crippen molar-refractivity contribution in [2.75, 3.05) is 0 Å². The second-order valence-corrected chi connectivity index (χ2v) is 7.79. The first-order chi connectivity index (χ1) is 9.97. The zero-order valence-corrected chi connectivity index (χ0v) is 14.7. The fraction of sp³-hybridized carbons (Fsp3) is 0.500. The van der Waals surface area contributed by atoms with Gasteiger partial charge < -0.3 is 0 Å². The Morgan fingerprint density at radius 2 is 1.95 bits per heavy atom. The lowest BCUT2D eigenvalue weighted by atomic mass is 10.0. The van der Waals surface area contributed by atoms with Gasteiger partial charge in [0.1, 0.15) is 4.21 Å². The van der Waals surface area contributed by atoms with Crippen molar-refractivity contribution in [3.05, 3.63) is 21.8 Å². The second kappa shape index (κ2) is 7.29. The summed E-state index contributed by atoms with van der Waals surface area (Å²) in [5, 5.41) is -4.67. The van der Waals surface area contributed by atoms with Gasteiger partial charge in [-0.3, -0.25) is 0 Å². The lowest BCUT2D eigenvalue weighted by Crippen LogP contribution is -2.42. The van der Waals surface area contributed by atoms with Gasteiger partial charge in [0.25, 0.3) is 6.43 Å². The predicted molar refractivity (Wildman–Crippen MR) is 78.0 cm³/mol. The molecule has 0 radical (unpaired) electrons. The van der Waals surface area contributed by atoms with E-state index < -0.39 is 44.5 Å². The Bertz CT molecular complexity index is 566. The molecule has 0 bridgehead atoms. The smallest absolute Gasteiger partial charge is 0.211 e. The molecule has 0 aromatic heterocycles. The van der Waals surface area contributed by atoms with Gasteiger partial charge in [-0.2, -0.15) is 13.8 Å². The van der Waals surface area contributed by atoms with Crippen molar-refractivity contribution in [2.24, 2.45) is 4.99 Å². The summed E-state index contributed by atoms with van der Waals surface area (Å²) >= 11 is 10.7. The third kappa shape index (κ3) is 3.92. The maximum Gasteiger partial charge on any atom is 0.355 e. The van der Waals surface area contributed by atoms with Gasteiger partial charge in [0.2, 0.25) is 6.08 Å². The van der Waals surface area contributed by atoms with Crippen LogP contribution < -0.4 is 0 Å². The number of rotatable bonds is 5. The van der Waals surface area contributed by atoms with E-state index in [0.717, 1.165) is 6.08 Å². The molecule has 0 spiro atoms. The molecule has 2 atom stereocenters. The largest absolute Gasteiger partial charge is 0.355 e. The van der Waals surface area contributed by atoms with Gasteiger partial charge >= 0.3 is 11.7 Å². The first-order valence-corrected chi connectivity index (χ1v) is 8.04. The maximum atomic E-state index is 13.3. The van der Waals surface area contributed by atoms with Crippen molar-refractivity contribution in [3.8, 4) is 0 Å². The van der Waals surface area contributed by atoms with Gasteiger partial charge in [-0.05, 0) is 6.08 Å². The molecule has 0 aliphatic heterocycles. The fourth-order valence-corrected chi connectivity index (χ4v) is 4.59. The lowest BCUT2D eigenvalue weighted by molar-refractivity contribution is -0.0568. The lowest BCUT2D eigenvalue weighted by Gasteiger charge is -2.38. The first-order valence-electron chi connectivity index (χ1n) is 5.14. The van der Waals surface area contributed by atoms with Crippen LogP contribution in [0.15, 0.2) is 26.8 Å². The Balaban J connectivity index is 3.41. The van der Waals surface area contributed by atoms with Crippen LogP contribution in [0, 0.1) is 0 Å². The highest BCUT2D eigenvalue weighted by atomic mass is 79.9. The van der Waals surface area contributed by atoms with E-state index >= 15 is 0 Å². The van der Waals surface area contributed by atoms with Crippen molar-refractivity contribution < 1.29 is 31.1 Å². The molecule has 2 unspecified atom stereocenters. The van der Waals surface area contributed by atoms with Crippen LogP contribution in [0.25, 0.3) is 0 Å². The van der Waals surface area contributed by atoms with Crippen LogP contribution in [0.1, 0.15) is 0 Å². The first kappa shape index (κ1) is 20.1. The zero-order chi connectivity index (χ0) is 17.3. The predicted octanol–water partition coefficient (Wildman–Crippen LogP) is 5.42. The molecule has 0 aromatic rings. The maximum absolute atomic E-state index is 13.3. The number of hydrogen-bond donors (Lipinski definition) is 0. The topological polar surface area (TPSA) is 29.4 Å². The molecule has 1 aliphatic carbocycles. The van der Waals surface area contributed by atoms with Crippen LogP contribution >= 0.6 is 55.2 Å². The van der Waals surface area contributed by atoms with E-state index in [2.05, 4.69) is 36.9 Å². The quantitative estimate of drug-likeness (QED) is 0.221. The summed E-state index contributed by atoms with van der Waals surface area (Å²) in [5.41, 5.74) is -1.41. The monoisotopic (exact) mass is 493 g/mol. The molecule has 12 heteroatoms. The zero-order valence-electron chi connectivity index (χ0n) is 9.97. The molecular formula is C10H4Br2ClF6NOS. The highest BCUT2D eigenvalue weighted by molar-refractivity contribution is 9.14. The number of thioether (sulfide) groups is 1. The number of allylic oxidation sites excluding steroid dienone is 2. The van der Waals surface area contributed by atoms with Crippen molar-refractivity contribution >= 4 is 61.3 Å². The Hall–Kier alpha value is 0.0400. The summed E-state index contributed by atoms with van der Waals surface area (Å²) < 4.78 is 74.7. The Labute approximate surface area is 146 Å². The standard InChI is InChI=1S/C10H4Br2ClF6NOS/c11-5-4(20-2-21)1-3(7(14)15)9(13,6(5)12)22-10(18,19)8(16)17/h1,6-8H. The van der Waals surface area contributed by atoms with E-state index in [1.807, 2.05) is 0 Å². The fourth-order valence-electron chi connectivity index (χ4n) is 1.45. The number of halogens is 9. The molecule has 2 nitrogen and oxygen atoms in total. The average molecular weight is 495 g/mol. The van der Waals surface area contributed by atoms with Gasteiger partial charge in [-0.1, -0.05) is 43.6 Å². The Kier molecular flexibility index (Phi) is 6.66. The minimum atomic E-state index is -4.67. The van der Waals surface area contributed by atoms with Gasteiger partial charge in [-0.15, -0.1) is 11.6 Å². The molecule has 1 rings (SSSR count). The van der Waals surface area contributed by atoms with Gasteiger partial charge in [0.05, 0.1) is 10.5 Å². The van der Waals surface area contributed by atoms with E-state index in [1.165, 1.54) is 0 Å². The number of hydrogen-bond acceptors (Lipinski definition) is 3. The van der Waals surface area contributed by atoms with E-state index in [9.17, 15) is 31.1 Å². The molecular weight excluding hydrogens is 491 g/mol. The highest BCUT2D eigenvalue weighted by Crippen LogP contribution is 2.58. The van der Waals surface area contributed by atoms with Gasteiger partial charge in [0, 0.05) is 10.1 Å². The van der Waals surface area contributed by atoms with Crippen molar-refractivity contribution in [1.82, 2.24) is 0 Å². The summed E-state index contributed by atoms with van der Waals surface area (Å²) in [6, 6.07) is 0. The summed E-state index contributed by atoms with van der Waals surface area (Å²) in [5.74, 6) is 0. The molecule has 0 heterocycles. The minimum absolute atomic E-state index is 0.132. The van der Waals surface area contributed by atoms with Crippen molar-refractivity contribution in [1.29, 1.82) is 0 Å². The third-order valence-electron chi connectivity index (χ3n) is 2.42. The summed E-state index contributed by atoms with van der Waals surface area (Å²) in [7, 11) is 0. The average Bonchev–Trinajstić information content (AvgIpc) is 2.38. The minimum Gasteiger partial charge on any atom is -0.211 e. The molecule has 0 saturated carbocycles. The molecule has 0 N–H and O–H groups in total. The number of carbonyl (C=O) groups excluding carboxylic acids is 1. The molecule has 0 amide bonds. The second-order valence-electron chi connectivity index (χ2n) is 3.81. The van der Waals surface area contributed by atoms with Crippen LogP contribution in [0.2, 0.25) is 0 Å². The Morgan fingerprint density at radius 1 is 1.41 bits per heavy atom. The van der Waals surface area contributed by atoms with Crippen LogP contribution in [0.3, 0.4) is 0 Å². The molecule has 22 heavy (non-hydrogen) atoms. The number of isocyanates is 1. The van der Waals surface area contributed by atoms with Crippen molar-refractivity contribution in [3.63, 3.8) is 0 Å². The van der Waals surface area contributed by atoms with Crippen LogP contribution in [-0.4, -0.2) is 33.2 Å². The summed E-state index contributed by atoms with van der Waals surface area (Å²) in [4.78, 5) is 11.9. The summed E-state index contributed by atoms with van der Waals surface area (Å²) in [6.45, 7) is 0. The number of alkyl halides is 8. The van der Waals surface area contributed by atoms with Gasteiger partial charge in [-0.25, -0.2) is 22.4 Å². The van der Waals surface area contributed by atoms with E-state index in [-0.39, 0.29) is 10.2 Å². The summed E-state index contributed by atoms with van der Waals surface area (Å²) in [6.07, 6.45) is -5.76. The van der Waals surface area contributed by atoms with Crippen LogP contribution in [0.4, 0.5) is 26.3 Å². The number of nitrogens with zero attached hydrogens (tertiary/aromatic N) is 1.